The zero-order chi connectivity index (χ0) is 24.0. The number of aryl methyl sites for hydroxylation is 2. The second kappa shape index (κ2) is 19.1. The highest BCUT2D eigenvalue weighted by Gasteiger charge is 2.20. The Morgan fingerprint density at radius 1 is 0.486 bits per heavy atom. The summed E-state index contributed by atoms with van der Waals surface area (Å²) < 4.78 is 0. The highest BCUT2D eigenvalue weighted by atomic mass is 35.5. The minimum Gasteiger partial charge on any atom is -0.303 e. The molecule has 0 unspecified atom stereocenters. The lowest BCUT2D eigenvalue weighted by Crippen LogP contribution is -2.35. The molecule has 0 bridgehead atoms. The number of hydrogen-bond donors (Lipinski definition) is 0. The van der Waals surface area contributed by atoms with Gasteiger partial charge >= 0.3 is 0 Å². The SMILES string of the molecule is Cl.Cl.c1ccc(CCCC2CCN(CCCCCN3CCC(CCCc4ccccc4)CC3)CC2)cc1. The molecular formula is C33H52Cl2N2. The summed E-state index contributed by atoms with van der Waals surface area (Å²) in [6.07, 6.45) is 18.0. The van der Waals surface area contributed by atoms with Gasteiger partial charge in [0.15, 0.2) is 0 Å². The second-order valence-electron chi connectivity index (χ2n) is 11.4. The first-order valence-corrected chi connectivity index (χ1v) is 14.9. The Morgan fingerprint density at radius 2 is 0.865 bits per heavy atom. The van der Waals surface area contributed by atoms with Crippen molar-refractivity contribution in [1.82, 2.24) is 9.80 Å². The van der Waals surface area contributed by atoms with E-state index in [-0.39, 0.29) is 24.8 Å². The fraction of sp³-hybridized carbons (Fsp3) is 0.636. The van der Waals surface area contributed by atoms with Gasteiger partial charge in [-0.15, -0.1) is 24.8 Å². The van der Waals surface area contributed by atoms with Crippen molar-refractivity contribution in [3.8, 4) is 0 Å². The van der Waals surface area contributed by atoms with Crippen LogP contribution in [0.1, 0.15) is 81.8 Å². The molecule has 2 aromatic carbocycles. The zero-order valence-corrected chi connectivity index (χ0v) is 24.7. The van der Waals surface area contributed by atoms with Crippen LogP contribution in [0.5, 0.6) is 0 Å². The van der Waals surface area contributed by atoms with E-state index < -0.39 is 0 Å². The van der Waals surface area contributed by atoms with Gasteiger partial charge in [0.05, 0.1) is 0 Å². The van der Waals surface area contributed by atoms with Gasteiger partial charge in [-0.05, 0) is 126 Å². The summed E-state index contributed by atoms with van der Waals surface area (Å²) in [5.74, 6) is 1.94. The summed E-state index contributed by atoms with van der Waals surface area (Å²) in [6, 6.07) is 22.0. The summed E-state index contributed by atoms with van der Waals surface area (Å²) in [6.45, 7) is 8.03. The Hall–Kier alpha value is -1.06. The molecule has 208 valence electrons. The lowest BCUT2D eigenvalue weighted by molar-refractivity contribution is 0.165. The number of hydrogen-bond acceptors (Lipinski definition) is 2. The van der Waals surface area contributed by atoms with E-state index >= 15 is 0 Å². The topological polar surface area (TPSA) is 6.48 Å². The molecule has 0 aromatic heterocycles. The van der Waals surface area contributed by atoms with Crippen LogP contribution in [0.3, 0.4) is 0 Å². The normalized spacial score (nSPS) is 17.7. The van der Waals surface area contributed by atoms with Crippen LogP contribution in [-0.2, 0) is 12.8 Å². The van der Waals surface area contributed by atoms with Crippen LogP contribution in [0.4, 0.5) is 0 Å². The van der Waals surface area contributed by atoms with Crippen molar-refractivity contribution in [1.29, 1.82) is 0 Å². The van der Waals surface area contributed by atoms with Crippen molar-refractivity contribution in [2.45, 2.75) is 83.5 Å². The highest BCUT2D eigenvalue weighted by molar-refractivity contribution is 5.85. The molecule has 0 amide bonds. The molecule has 0 saturated carbocycles. The van der Waals surface area contributed by atoms with Crippen molar-refractivity contribution in [2.24, 2.45) is 11.8 Å². The summed E-state index contributed by atoms with van der Waals surface area (Å²) in [4.78, 5) is 5.49. The van der Waals surface area contributed by atoms with Crippen LogP contribution in [0.25, 0.3) is 0 Å². The maximum Gasteiger partial charge on any atom is -0.00161 e. The van der Waals surface area contributed by atoms with E-state index in [4.69, 9.17) is 0 Å². The predicted octanol–water partition coefficient (Wildman–Crippen LogP) is 8.47. The van der Waals surface area contributed by atoms with Gasteiger partial charge in [0, 0.05) is 0 Å². The molecule has 2 aromatic rings. The Balaban J connectivity index is 0.00000241. The number of nitrogens with zero attached hydrogens (tertiary/aromatic N) is 2. The van der Waals surface area contributed by atoms with Gasteiger partial charge in [-0.25, -0.2) is 0 Å². The maximum absolute atomic E-state index is 2.74. The molecule has 0 spiro atoms. The van der Waals surface area contributed by atoms with E-state index in [9.17, 15) is 0 Å². The third kappa shape index (κ3) is 12.6. The van der Waals surface area contributed by atoms with E-state index in [2.05, 4.69) is 70.5 Å². The van der Waals surface area contributed by atoms with Gasteiger partial charge in [0.2, 0.25) is 0 Å². The van der Waals surface area contributed by atoms with Gasteiger partial charge in [-0.3, -0.25) is 0 Å². The lowest BCUT2D eigenvalue weighted by Gasteiger charge is -2.33. The Bertz CT molecular complexity index is 717. The molecule has 37 heavy (non-hydrogen) atoms. The molecule has 4 rings (SSSR count). The van der Waals surface area contributed by atoms with Crippen molar-refractivity contribution in [3.05, 3.63) is 71.8 Å². The average molecular weight is 548 g/mol. The minimum absolute atomic E-state index is 0. The number of rotatable bonds is 14. The van der Waals surface area contributed by atoms with E-state index in [0.29, 0.717) is 0 Å². The highest BCUT2D eigenvalue weighted by Crippen LogP contribution is 2.24. The third-order valence-corrected chi connectivity index (χ3v) is 8.70. The number of halogens is 2. The van der Waals surface area contributed by atoms with E-state index in [0.717, 1.165) is 11.8 Å². The van der Waals surface area contributed by atoms with Crippen molar-refractivity contribution < 1.29 is 0 Å². The van der Waals surface area contributed by atoms with Crippen LogP contribution in [0.15, 0.2) is 60.7 Å². The van der Waals surface area contributed by atoms with Gasteiger partial charge in [0.25, 0.3) is 0 Å². The lowest BCUT2D eigenvalue weighted by atomic mass is 9.90. The average Bonchev–Trinajstić information content (AvgIpc) is 2.91. The molecule has 2 heterocycles. The predicted molar refractivity (Wildman–Crippen MR) is 165 cm³/mol. The first kappa shape index (κ1) is 32.2. The monoisotopic (exact) mass is 546 g/mol. The minimum atomic E-state index is 0. The molecule has 2 saturated heterocycles. The van der Waals surface area contributed by atoms with Crippen molar-refractivity contribution >= 4 is 24.8 Å². The van der Waals surface area contributed by atoms with Crippen LogP contribution in [-0.4, -0.2) is 49.1 Å². The third-order valence-electron chi connectivity index (χ3n) is 8.70. The number of unbranched alkanes of at least 4 members (excludes halogenated alkanes) is 2. The van der Waals surface area contributed by atoms with Crippen LogP contribution >= 0.6 is 24.8 Å². The molecule has 4 heteroatoms. The molecular weight excluding hydrogens is 495 g/mol. The number of benzene rings is 2. The quantitative estimate of drug-likeness (QED) is 0.219. The fourth-order valence-electron chi connectivity index (χ4n) is 6.32. The number of likely N-dealkylation sites (tertiary alicyclic amines) is 2. The first-order chi connectivity index (χ1) is 17.3. The standard InChI is InChI=1S/C33H50N2.2ClH/c1-4-12-30(13-5-1)16-10-18-32-20-26-34(27-21-32)24-8-3-9-25-35-28-22-33(23-29-35)19-11-17-31-14-6-2-7-15-31;;/h1-2,4-7,12-15,32-33H,3,8-11,16-29H2;2*1H. The zero-order valence-electron chi connectivity index (χ0n) is 23.1. The molecule has 2 nitrogen and oxygen atoms in total. The van der Waals surface area contributed by atoms with E-state index in [1.165, 1.54) is 134 Å². The molecule has 0 aliphatic carbocycles. The summed E-state index contributed by atoms with van der Waals surface area (Å²) >= 11 is 0. The Labute approximate surface area is 240 Å². The van der Waals surface area contributed by atoms with Gasteiger partial charge in [0.1, 0.15) is 0 Å². The van der Waals surface area contributed by atoms with Gasteiger partial charge in [-0.2, -0.15) is 0 Å². The summed E-state index contributed by atoms with van der Waals surface area (Å²) in [7, 11) is 0. The first-order valence-electron chi connectivity index (χ1n) is 14.9. The largest absolute Gasteiger partial charge is 0.303 e. The smallest absolute Gasteiger partial charge is 0.00161 e. The maximum atomic E-state index is 2.74. The van der Waals surface area contributed by atoms with Crippen LogP contribution in [0.2, 0.25) is 0 Å². The molecule has 0 atom stereocenters. The van der Waals surface area contributed by atoms with Gasteiger partial charge in [-0.1, -0.05) is 79.9 Å². The molecule has 0 radical (unpaired) electrons. The summed E-state index contributed by atoms with van der Waals surface area (Å²) in [5, 5.41) is 0. The van der Waals surface area contributed by atoms with E-state index in [1.54, 1.807) is 0 Å². The fourth-order valence-corrected chi connectivity index (χ4v) is 6.32. The second-order valence-corrected chi connectivity index (χ2v) is 11.4. The molecule has 2 aliphatic heterocycles. The molecule has 2 fully saturated rings. The Kier molecular flexibility index (Phi) is 16.6. The number of piperidine rings is 2. The van der Waals surface area contributed by atoms with Crippen molar-refractivity contribution in [2.75, 3.05) is 39.3 Å². The molecule has 2 aliphatic rings. The Morgan fingerprint density at radius 3 is 1.24 bits per heavy atom. The van der Waals surface area contributed by atoms with Gasteiger partial charge < -0.3 is 9.80 Å². The van der Waals surface area contributed by atoms with E-state index in [1.807, 2.05) is 0 Å². The summed E-state index contributed by atoms with van der Waals surface area (Å²) in [5.41, 5.74) is 3.02. The van der Waals surface area contributed by atoms with Crippen molar-refractivity contribution in [3.63, 3.8) is 0 Å². The van der Waals surface area contributed by atoms with Crippen LogP contribution < -0.4 is 0 Å². The molecule has 0 N–H and O–H groups in total. The van der Waals surface area contributed by atoms with Crippen LogP contribution in [0, 0.1) is 11.8 Å².